The number of carbonyl (C=O) groups is 3. The molecule has 0 saturated carbocycles. The van der Waals surface area contributed by atoms with Gasteiger partial charge in [0.15, 0.2) is 0 Å². The van der Waals surface area contributed by atoms with Crippen molar-refractivity contribution < 1.29 is 41.7 Å². The minimum atomic E-state index is -1.17. The topological polar surface area (TPSA) is 161 Å². The molecule has 12 heteroatoms. The normalized spacial score (nSPS) is 15.5. The number of aromatic carboxylic acids is 1. The number of unbranched alkanes of at least 4 members (excludes halogenated alkanes) is 1. The molecule has 11 nitrogen and oxygen atoms in total. The second kappa shape index (κ2) is 16.9. The number of amides is 1. The minimum absolute atomic E-state index is 0. The second-order valence-electron chi connectivity index (χ2n) is 13.8. The van der Waals surface area contributed by atoms with Crippen LogP contribution in [0.1, 0.15) is 120 Å². The molecular formula is C40H48CuN6O5. The molecule has 5 heterocycles. The first-order valence-electron chi connectivity index (χ1n) is 17.6. The summed E-state index contributed by atoms with van der Waals surface area (Å²) in [7, 11) is 4.00. The first kappa shape index (κ1) is 40.3. The van der Waals surface area contributed by atoms with Gasteiger partial charge < -0.3 is 30.4 Å². The first-order valence-corrected chi connectivity index (χ1v) is 17.6. The maximum Gasteiger partial charge on any atom is 2.00 e. The number of hydrogen-bond donors (Lipinski definition) is 3. The smallest absolute Gasteiger partial charge is 0.657 e. The summed E-state index contributed by atoms with van der Waals surface area (Å²) < 4.78 is 0. The van der Waals surface area contributed by atoms with Gasteiger partial charge in [0.1, 0.15) is 0 Å². The summed E-state index contributed by atoms with van der Waals surface area (Å²) in [5, 5.41) is 23.3. The Balaban J connectivity index is 0.00000605. The number of fused-ring (bicyclic) bond motifs is 8. The number of aryl methyl sites for hydroxylation is 2. The molecular weight excluding hydrogens is 708 g/mol. The van der Waals surface area contributed by atoms with E-state index >= 15 is 0 Å². The molecule has 0 aromatic carbocycles. The molecule has 52 heavy (non-hydrogen) atoms. The van der Waals surface area contributed by atoms with Crippen molar-refractivity contribution in [2.45, 2.75) is 85.0 Å². The fourth-order valence-corrected chi connectivity index (χ4v) is 7.22. The number of carboxylic acid groups (broad SMARTS) is 2. The monoisotopic (exact) mass is 755 g/mol. The van der Waals surface area contributed by atoms with Crippen molar-refractivity contribution in [3.05, 3.63) is 75.4 Å². The molecule has 5 rings (SSSR count). The summed E-state index contributed by atoms with van der Waals surface area (Å²) in [6.45, 7) is 15.2. The van der Waals surface area contributed by atoms with E-state index in [2.05, 4.69) is 23.7 Å². The van der Waals surface area contributed by atoms with Crippen LogP contribution in [-0.4, -0.2) is 70.1 Å². The molecule has 0 spiro atoms. The minimum Gasteiger partial charge on any atom is -0.657 e. The summed E-state index contributed by atoms with van der Waals surface area (Å²) in [6.07, 6.45) is 4.12. The van der Waals surface area contributed by atoms with Gasteiger partial charge in [0.25, 0.3) is 0 Å². The van der Waals surface area contributed by atoms with Crippen molar-refractivity contribution in [3.63, 3.8) is 0 Å². The molecule has 1 amide bonds. The van der Waals surface area contributed by atoms with Crippen molar-refractivity contribution in [1.29, 1.82) is 0 Å². The molecule has 2 aliphatic heterocycles. The molecule has 3 aromatic rings. The molecule has 2 atom stereocenters. The Labute approximate surface area is 315 Å². The molecule has 0 fully saturated rings. The zero-order valence-electron chi connectivity index (χ0n) is 31.0. The fourth-order valence-electron chi connectivity index (χ4n) is 7.22. The van der Waals surface area contributed by atoms with E-state index in [9.17, 15) is 24.6 Å². The van der Waals surface area contributed by atoms with E-state index < -0.39 is 17.9 Å². The molecule has 279 valence electrons. The van der Waals surface area contributed by atoms with E-state index in [1.165, 1.54) is 0 Å². The van der Waals surface area contributed by atoms with Crippen LogP contribution in [0.3, 0.4) is 0 Å². The molecule has 1 radical (unpaired) electrons. The quantitative estimate of drug-likeness (QED) is 0.128. The van der Waals surface area contributed by atoms with Crippen LogP contribution in [0, 0.1) is 13.8 Å². The predicted molar refractivity (Wildman–Crippen MR) is 201 cm³/mol. The van der Waals surface area contributed by atoms with E-state index in [4.69, 9.17) is 19.9 Å². The average molecular weight is 756 g/mol. The Kier molecular flexibility index (Phi) is 13.1. The van der Waals surface area contributed by atoms with Crippen LogP contribution in [0.15, 0.2) is 24.8 Å². The average Bonchev–Trinajstić information content (AvgIpc) is 3.75. The van der Waals surface area contributed by atoms with Crippen LogP contribution in [0.2, 0.25) is 0 Å². The van der Waals surface area contributed by atoms with Crippen molar-refractivity contribution in [1.82, 2.24) is 30.2 Å². The fraction of sp³-hybridized carbons (Fsp3) is 0.425. The van der Waals surface area contributed by atoms with E-state index in [1.807, 2.05) is 53.1 Å². The molecule has 8 bridgehead atoms. The van der Waals surface area contributed by atoms with E-state index in [0.29, 0.717) is 52.2 Å². The van der Waals surface area contributed by atoms with E-state index in [1.54, 1.807) is 13.0 Å². The Morgan fingerprint density at radius 2 is 1.67 bits per heavy atom. The number of aromatic nitrogens is 4. The molecule has 2 aliphatic rings. The number of nitrogens with zero attached hydrogens (tertiary/aromatic N) is 5. The first-order chi connectivity index (χ1) is 24.2. The number of nitrogens with one attached hydrogen (secondary N) is 1. The summed E-state index contributed by atoms with van der Waals surface area (Å²) in [6, 6.07) is 5.68. The summed E-state index contributed by atoms with van der Waals surface area (Å²) in [4.78, 5) is 60.6. The molecule has 3 aromatic heterocycles. The second-order valence-corrected chi connectivity index (χ2v) is 13.8. The molecule has 0 unspecified atom stereocenters. The number of carbonyl (C=O) groups excluding carboxylic acids is 1. The van der Waals surface area contributed by atoms with Gasteiger partial charge in [-0.15, -0.1) is 22.1 Å². The van der Waals surface area contributed by atoms with Gasteiger partial charge in [-0.05, 0) is 89.4 Å². The largest absolute Gasteiger partial charge is 2.00 e. The van der Waals surface area contributed by atoms with E-state index in [0.717, 1.165) is 52.9 Å². The third-order valence-corrected chi connectivity index (χ3v) is 10.2. The Morgan fingerprint density at radius 3 is 2.31 bits per heavy atom. The van der Waals surface area contributed by atoms with Crippen LogP contribution < -0.4 is 15.3 Å². The van der Waals surface area contributed by atoms with Crippen LogP contribution in [0.25, 0.3) is 39.3 Å². The van der Waals surface area contributed by atoms with Gasteiger partial charge in [0.05, 0.1) is 17.8 Å². The maximum atomic E-state index is 13.7. The summed E-state index contributed by atoms with van der Waals surface area (Å²) in [5.74, 6) is -3.07. The van der Waals surface area contributed by atoms with Gasteiger partial charge in [0, 0.05) is 41.8 Å². The maximum absolute atomic E-state index is 13.7. The third-order valence-electron chi connectivity index (χ3n) is 10.2. The SMILES string of the molecule is C=Cc1c(C)c2cc3nc(c(CC(=O)NCCCCN(C)C)c4[n-]c(cc5nc(cc1[n-]2)C(C)=C5CC)c(C)c4C(=O)O)[C@@H](CCC(=O)O)[C@@H]3C.[Cu+2]. The van der Waals surface area contributed by atoms with Gasteiger partial charge in [-0.25, -0.2) is 9.78 Å². The number of carboxylic acids is 2. The molecule has 0 aliphatic carbocycles. The Bertz CT molecular complexity index is 2090. The Morgan fingerprint density at radius 1 is 0.981 bits per heavy atom. The van der Waals surface area contributed by atoms with Gasteiger partial charge >= 0.3 is 29.0 Å². The third kappa shape index (κ3) is 8.25. The molecule has 3 N–H and O–H groups in total. The predicted octanol–water partition coefficient (Wildman–Crippen LogP) is 6.62. The Hall–Kier alpha value is -4.51. The van der Waals surface area contributed by atoms with Crippen LogP contribution in [-0.2, 0) is 33.1 Å². The summed E-state index contributed by atoms with van der Waals surface area (Å²) in [5.41, 5.74) is 9.27. The van der Waals surface area contributed by atoms with Crippen molar-refractivity contribution in [2.24, 2.45) is 0 Å². The summed E-state index contributed by atoms with van der Waals surface area (Å²) >= 11 is 0. The van der Waals surface area contributed by atoms with Crippen LogP contribution in [0.5, 0.6) is 0 Å². The number of rotatable bonds is 13. The van der Waals surface area contributed by atoms with Crippen molar-refractivity contribution in [2.75, 3.05) is 27.2 Å². The van der Waals surface area contributed by atoms with Gasteiger partial charge in [-0.1, -0.05) is 55.8 Å². The zero-order chi connectivity index (χ0) is 37.1. The van der Waals surface area contributed by atoms with Crippen molar-refractivity contribution in [3.8, 4) is 0 Å². The van der Waals surface area contributed by atoms with Crippen LogP contribution in [0.4, 0.5) is 0 Å². The standard InChI is InChI=1S/C40H50N6O5.Cu/c1-9-25-21(3)29-18-31-23(5)27(13-14-36(48)49)38(44-31)28(17-35(47)41-15-11-12-16-46(7)8)39-37(40(50)51)24(6)32(45-39)20-34-26(10-2)22(4)30(43-34)19-33(25)42-29;/h9,18-20,23,27H,1,10-17H2,2-8H3,(H5,41,42,43,44,45,47,48,49,50,51);/q;+2/p-2/t23-,27-;/m0./s1. The number of aliphatic carboxylic acids is 1. The van der Waals surface area contributed by atoms with Crippen LogP contribution >= 0.6 is 0 Å². The zero-order valence-corrected chi connectivity index (χ0v) is 31.9. The van der Waals surface area contributed by atoms with Gasteiger partial charge in [-0.2, -0.15) is 0 Å². The number of hydrogen-bond acceptors (Lipinski definition) is 6. The molecule has 0 saturated heterocycles. The van der Waals surface area contributed by atoms with Gasteiger partial charge in [0.2, 0.25) is 5.91 Å². The van der Waals surface area contributed by atoms with Gasteiger partial charge in [-0.3, -0.25) is 14.6 Å². The number of allylic oxidation sites excluding steroid dienone is 2. The van der Waals surface area contributed by atoms with Crippen molar-refractivity contribution >= 4 is 57.1 Å². The van der Waals surface area contributed by atoms with E-state index in [-0.39, 0.29) is 59.2 Å².